The van der Waals surface area contributed by atoms with E-state index in [-0.39, 0.29) is 0 Å². The smallest absolute Gasteiger partial charge is 0.0991 e. The normalized spacial score (nSPS) is 21.6. The molecule has 2 aromatic rings. The Kier molecular flexibility index (Phi) is 2.69. The van der Waals surface area contributed by atoms with E-state index in [1.807, 2.05) is 23.3 Å². The van der Waals surface area contributed by atoms with Crippen LogP contribution in [-0.4, -0.2) is 52.6 Å². The third kappa shape index (κ3) is 2.05. The van der Waals surface area contributed by atoms with E-state index in [0.717, 1.165) is 6.54 Å². The molecule has 4 heteroatoms. The van der Waals surface area contributed by atoms with Gasteiger partial charge < -0.3 is 9.47 Å². The van der Waals surface area contributed by atoms with Crippen LogP contribution in [0.3, 0.4) is 0 Å². The van der Waals surface area contributed by atoms with Crippen LogP contribution < -0.4 is 0 Å². The summed E-state index contributed by atoms with van der Waals surface area (Å²) in [5.41, 5.74) is 3.20. The van der Waals surface area contributed by atoms with Gasteiger partial charge in [0.25, 0.3) is 0 Å². The van der Waals surface area contributed by atoms with E-state index in [2.05, 4.69) is 46.1 Å². The van der Waals surface area contributed by atoms with Gasteiger partial charge in [-0.3, -0.25) is 4.90 Å². The molecule has 3 heterocycles. The Hall–Kier alpha value is -1.65. The van der Waals surface area contributed by atoms with Crippen molar-refractivity contribution in [2.45, 2.75) is 6.54 Å². The predicted octanol–water partition coefficient (Wildman–Crippen LogP) is 1.62. The summed E-state index contributed by atoms with van der Waals surface area (Å²) in [7, 11) is 2.21. The van der Waals surface area contributed by atoms with Crippen molar-refractivity contribution < 1.29 is 0 Å². The summed E-state index contributed by atoms with van der Waals surface area (Å²) in [4.78, 5) is 9.05. The van der Waals surface area contributed by atoms with Crippen LogP contribution in [0.4, 0.5) is 0 Å². The average molecular weight is 268 g/mol. The molecule has 4 nitrogen and oxygen atoms in total. The maximum absolute atomic E-state index is 4.08. The Morgan fingerprint density at radius 2 is 1.85 bits per heavy atom. The van der Waals surface area contributed by atoms with Crippen molar-refractivity contribution in [2.75, 3.05) is 33.2 Å². The summed E-state index contributed by atoms with van der Waals surface area (Å²) in [6.07, 6.45) is 5.62. The van der Waals surface area contributed by atoms with Crippen LogP contribution in [0.15, 0.2) is 43.0 Å². The molecule has 0 aliphatic carbocycles. The highest BCUT2D eigenvalue weighted by Gasteiger charge is 2.49. The van der Waals surface area contributed by atoms with E-state index < -0.39 is 0 Å². The van der Waals surface area contributed by atoms with Gasteiger partial charge >= 0.3 is 0 Å². The highest BCUT2D eigenvalue weighted by molar-refractivity contribution is 5.34. The Bertz CT molecular complexity index is 573. The first kappa shape index (κ1) is 12.1. The molecule has 0 saturated carbocycles. The zero-order valence-corrected chi connectivity index (χ0v) is 11.9. The Morgan fingerprint density at radius 1 is 1.10 bits per heavy atom. The Balaban J connectivity index is 1.36. The van der Waals surface area contributed by atoms with Crippen LogP contribution in [0.5, 0.6) is 0 Å². The molecule has 0 radical (unpaired) electrons. The third-order valence-corrected chi connectivity index (χ3v) is 4.47. The lowest BCUT2D eigenvalue weighted by Crippen LogP contribution is -2.70. The van der Waals surface area contributed by atoms with Crippen molar-refractivity contribution in [1.82, 2.24) is 19.4 Å². The summed E-state index contributed by atoms with van der Waals surface area (Å²) in [6, 6.07) is 8.80. The van der Waals surface area contributed by atoms with Gasteiger partial charge in [-0.1, -0.05) is 12.1 Å². The molecule has 4 rings (SSSR count). The second-order valence-electron chi connectivity index (χ2n) is 6.45. The molecule has 1 aromatic heterocycles. The van der Waals surface area contributed by atoms with Gasteiger partial charge in [-0.15, -0.1) is 0 Å². The van der Waals surface area contributed by atoms with Crippen LogP contribution in [0.1, 0.15) is 5.56 Å². The third-order valence-electron chi connectivity index (χ3n) is 4.47. The molecule has 2 aliphatic heterocycles. The predicted molar refractivity (Wildman–Crippen MR) is 78.8 cm³/mol. The van der Waals surface area contributed by atoms with Crippen molar-refractivity contribution in [2.24, 2.45) is 5.41 Å². The van der Waals surface area contributed by atoms with E-state index in [1.54, 1.807) is 0 Å². The number of hydrogen-bond acceptors (Lipinski definition) is 3. The molecule has 1 spiro atoms. The number of nitrogens with zero attached hydrogens (tertiary/aromatic N) is 4. The maximum Gasteiger partial charge on any atom is 0.0991 e. The molecular formula is C16H20N4. The van der Waals surface area contributed by atoms with Gasteiger partial charge in [0, 0.05) is 56.2 Å². The number of rotatable bonds is 3. The van der Waals surface area contributed by atoms with Gasteiger partial charge in [-0.25, -0.2) is 4.98 Å². The van der Waals surface area contributed by atoms with Gasteiger partial charge in [0.15, 0.2) is 0 Å². The minimum absolute atomic E-state index is 0.630. The van der Waals surface area contributed by atoms with Gasteiger partial charge in [-0.05, 0) is 24.7 Å². The summed E-state index contributed by atoms with van der Waals surface area (Å²) >= 11 is 0. The van der Waals surface area contributed by atoms with Crippen molar-refractivity contribution in [3.63, 3.8) is 0 Å². The van der Waals surface area contributed by atoms with E-state index in [1.165, 1.54) is 37.4 Å². The van der Waals surface area contributed by atoms with Crippen molar-refractivity contribution in [3.05, 3.63) is 48.5 Å². The molecule has 104 valence electrons. The molecule has 0 N–H and O–H groups in total. The number of likely N-dealkylation sites (tertiary alicyclic amines) is 2. The van der Waals surface area contributed by atoms with Gasteiger partial charge in [0.2, 0.25) is 0 Å². The zero-order valence-electron chi connectivity index (χ0n) is 11.9. The molecule has 2 saturated heterocycles. The fraction of sp³-hybridized carbons (Fsp3) is 0.438. The first-order chi connectivity index (χ1) is 9.72. The Morgan fingerprint density at radius 3 is 2.45 bits per heavy atom. The monoisotopic (exact) mass is 268 g/mol. The van der Waals surface area contributed by atoms with E-state index in [9.17, 15) is 0 Å². The second kappa shape index (κ2) is 4.43. The lowest BCUT2D eigenvalue weighted by atomic mass is 9.73. The quantitative estimate of drug-likeness (QED) is 0.845. The van der Waals surface area contributed by atoms with E-state index in [4.69, 9.17) is 0 Å². The minimum atomic E-state index is 0.630. The minimum Gasteiger partial charge on any atom is -0.306 e. The molecule has 0 atom stereocenters. The largest absolute Gasteiger partial charge is 0.306 e. The molecular weight excluding hydrogens is 248 g/mol. The number of hydrogen-bond donors (Lipinski definition) is 0. The molecule has 20 heavy (non-hydrogen) atoms. The molecule has 2 fully saturated rings. The SMILES string of the molecule is CN1CC2(C1)CN(Cc1ccc(-n3ccnc3)cc1)C2. The van der Waals surface area contributed by atoms with Crippen LogP contribution in [0, 0.1) is 5.41 Å². The summed E-state index contributed by atoms with van der Waals surface area (Å²) in [5.74, 6) is 0. The van der Waals surface area contributed by atoms with Gasteiger partial charge in [0.05, 0.1) is 6.33 Å². The lowest BCUT2D eigenvalue weighted by Gasteiger charge is -2.59. The topological polar surface area (TPSA) is 24.3 Å². The molecule has 0 bridgehead atoms. The average Bonchev–Trinajstić information content (AvgIpc) is 2.89. The van der Waals surface area contributed by atoms with Crippen LogP contribution in [0.25, 0.3) is 5.69 Å². The molecule has 1 aromatic carbocycles. The highest BCUT2D eigenvalue weighted by Crippen LogP contribution is 2.39. The first-order valence-corrected chi connectivity index (χ1v) is 7.21. The number of aromatic nitrogens is 2. The lowest BCUT2D eigenvalue weighted by molar-refractivity contribution is -0.107. The summed E-state index contributed by atoms with van der Waals surface area (Å²) in [5, 5.41) is 0. The van der Waals surface area contributed by atoms with Crippen LogP contribution in [0.2, 0.25) is 0 Å². The molecule has 0 amide bonds. The fourth-order valence-electron chi connectivity index (χ4n) is 3.76. The number of imidazole rings is 1. The van der Waals surface area contributed by atoms with Crippen molar-refractivity contribution in [3.8, 4) is 5.69 Å². The second-order valence-corrected chi connectivity index (χ2v) is 6.45. The standard InChI is InChI=1S/C16H20N4/c1-18-9-16(10-18)11-19(12-16)8-14-2-4-15(5-3-14)20-7-6-17-13-20/h2-7,13H,8-12H2,1H3. The van der Waals surface area contributed by atoms with Gasteiger partial charge in [0.1, 0.15) is 0 Å². The summed E-state index contributed by atoms with van der Waals surface area (Å²) < 4.78 is 2.03. The van der Waals surface area contributed by atoms with Crippen LogP contribution >= 0.6 is 0 Å². The molecule has 0 unspecified atom stereocenters. The van der Waals surface area contributed by atoms with Crippen molar-refractivity contribution in [1.29, 1.82) is 0 Å². The van der Waals surface area contributed by atoms with Gasteiger partial charge in [-0.2, -0.15) is 0 Å². The zero-order chi connectivity index (χ0) is 13.6. The van der Waals surface area contributed by atoms with Crippen molar-refractivity contribution >= 4 is 0 Å². The maximum atomic E-state index is 4.08. The summed E-state index contributed by atoms with van der Waals surface area (Å²) in [6.45, 7) is 6.17. The van der Waals surface area contributed by atoms with E-state index in [0.29, 0.717) is 5.41 Å². The Labute approximate surface area is 119 Å². The molecule has 2 aliphatic rings. The van der Waals surface area contributed by atoms with E-state index >= 15 is 0 Å². The number of benzene rings is 1. The fourth-order valence-corrected chi connectivity index (χ4v) is 3.76. The first-order valence-electron chi connectivity index (χ1n) is 7.21. The highest BCUT2D eigenvalue weighted by atomic mass is 15.3. The van der Waals surface area contributed by atoms with Crippen LogP contribution in [-0.2, 0) is 6.54 Å².